The topological polar surface area (TPSA) is 87.3 Å². The number of piperidine rings is 1. The Kier molecular flexibility index (Phi) is 6.04. The highest BCUT2D eigenvalue weighted by Crippen LogP contribution is 2.40. The van der Waals surface area contributed by atoms with Crippen molar-refractivity contribution in [3.63, 3.8) is 0 Å². The Hall–Kier alpha value is -2.81. The largest absolute Gasteiger partial charge is 0.492 e. The van der Waals surface area contributed by atoms with Crippen molar-refractivity contribution in [3.8, 4) is 5.75 Å². The van der Waals surface area contributed by atoms with E-state index in [-0.39, 0.29) is 31.0 Å². The van der Waals surface area contributed by atoms with Crippen molar-refractivity contribution in [1.29, 1.82) is 0 Å². The summed E-state index contributed by atoms with van der Waals surface area (Å²) < 4.78 is 34.7. The zero-order valence-corrected chi connectivity index (χ0v) is 17.3. The van der Waals surface area contributed by atoms with Crippen LogP contribution in [0.2, 0.25) is 0 Å². The minimum atomic E-state index is -2.91. The number of rotatable bonds is 7. The van der Waals surface area contributed by atoms with Crippen LogP contribution in [0.5, 0.6) is 5.75 Å². The summed E-state index contributed by atoms with van der Waals surface area (Å²) >= 11 is 0. The molecule has 4 rings (SSSR count). The van der Waals surface area contributed by atoms with Crippen molar-refractivity contribution in [2.24, 2.45) is 5.92 Å². The minimum Gasteiger partial charge on any atom is -0.492 e. The van der Waals surface area contributed by atoms with Gasteiger partial charge in [0.1, 0.15) is 11.6 Å². The van der Waals surface area contributed by atoms with Gasteiger partial charge < -0.3 is 15.0 Å². The number of hydrogen-bond donors (Lipinski definition) is 2. The molecule has 1 aliphatic heterocycles. The molecule has 3 heterocycles. The average molecular weight is 432 g/mol. The molecule has 1 saturated carbocycles. The highest BCUT2D eigenvalue weighted by molar-refractivity contribution is 5.93. The summed E-state index contributed by atoms with van der Waals surface area (Å²) in [4.78, 5) is 32.4. The number of nitrogens with zero attached hydrogens (tertiary/aromatic N) is 2. The quantitative estimate of drug-likeness (QED) is 0.702. The first-order valence-corrected chi connectivity index (χ1v) is 10.5. The molecular formula is C22H26F2N4O3. The number of pyridine rings is 2. The van der Waals surface area contributed by atoms with E-state index in [0.717, 1.165) is 0 Å². The molecule has 0 bridgehead atoms. The number of H-pyrrole nitrogens is 1. The Morgan fingerprint density at radius 2 is 2.16 bits per heavy atom. The van der Waals surface area contributed by atoms with Crippen molar-refractivity contribution < 1.29 is 18.3 Å². The lowest BCUT2D eigenvalue weighted by atomic mass is 9.87. The van der Waals surface area contributed by atoms with Gasteiger partial charge in [-0.1, -0.05) is 6.07 Å². The van der Waals surface area contributed by atoms with Crippen LogP contribution < -0.4 is 15.6 Å². The molecule has 166 valence electrons. The Balaban J connectivity index is 1.37. The van der Waals surface area contributed by atoms with Gasteiger partial charge in [-0.05, 0) is 43.4 Å². The predicted molar refractivity (Wildman–Crippen MR) is 111 cm³/mol. The van der Waals surface area contributed by atoms with Crippen LogP contribution in [0.1, 0.15) is 37.7 Å². The molecule has 31 heavy (non-hydrogen) atoms. The smallest absolute Gasteiger partial charge is 0.257 e. The third-order valence-corrected chi connectivity index (χ3v) is 5.97. The predicted octanol–water partition coefficient (Wildman–Crippen LogP) is 3.01. The van der Waals surface area contributed by atoms with Crippen LogP contribution >= 0.6 is 0 Å². The second-order valence-electron chi connectivity index (χ2n) is 8.34. The van der Waals surface area contributed by atoms with E-state index < -0.39 is 17.9 Å². The van der Waals surface area contributed by atoms with E-state index in [1.807, 2.05) is 0 Å². The van der Waals surface area contributed by atoms with Gasteiger partial charge in [-0.2, -0.15) is 0 Å². The van der Waals surface area contributed by atoms with Crippen LogP contribution in [0.3, 0.4) is 0 Å². The van der Waals surface area contributed by atoms with Crippen molar-refractivity contribution in [2.75, 3.05) is 25.0 Å². The zero-order chi connectivity index (χ0) is 22.0. The molecule has 0 aromatic carbocycles. The average Bonchev–Trinajstić information content (AvgIpc) is 3.58. The van der Waals surface area contributed by atoms with Gasteiger partial charge in [-0.3, -0.25) is 14.5 Å². The highest BCUT2D eigenvalue weighted by atomic mass is 19.3. The number of carbonyl (C=O) groups is 1. The number of carbonyl (C=O) groups excluding carboxylic acids is 1. The number of aromatic amines is 1. The van der Waals surface area contributed by atoms with Gasteiger partial charge in [0.15, 0.2) is 0 Å². The first-order chi connectivity index (χ1) is 14.8. The fourth-order valence-corrected chi connectivity index (χ4v) is 3.70. The lowest BCUT2D eigenvalue weighted by molar-refractivity contribution is -0.125. The summed E-state index contributed by atoms with van der Waals surface area (Å²) in [6, 6.07) is 5.46. The van der Waals surface area contributed by atoms with E-state index in [9.17, 15) is 18.4 Å². The summed E-state index contributed by atoms with van der Waals surface area (Å²) in [6.45, 7) is 2.48. The van der Waals surface area contributed by atoms with Gasteiger partial charge in [-0.15, -0.1) is 0 Å². The summed E-state index contributed by atoms with van der Waals surface area (Å²) in [5.41, 5.74) is 0.00861. The second kappa shape index (κ2) is 8.74. The fraction of sp³-hybridized carbons (Fsp3) is 0.500. The minimum absolute atomic E-state index is 0.00893. The van der Waals surface area contributed by atoms with Gasteiger partial charge >= 0.3 is 0 Å². The molecule has 2 N–H and O–H groups in total. The number of anilines is 1. The Morgan fingerprint density at radius 1 is 1.35 bits per heavy atom. The number of nitrogens with one attached hydrogen (secondary N) is 2. The Labute approximate surface area is 178 Å². The number of halogens is 2. The van der Waals surface area contributed by atoms with Crippen molar-refractivity contribution >= 4 is 11.7 Å². The maximum atomic E-state index is 14.6. The summed E-state index contributed by atoms with van der Waals surface area (Å²) in [5.74, 6) is -2.66. The number of amides is 1. The molecule has 1 saturated heterocycles. The van der Waals surface area contributed by atoms with Gasteiger partial charge in [0, 0.05) is 31.8 Å². The number of ether oxygens (including phenoxy) is 1. The molecule has 2 atom stereocenters. The van der Waals surface area contributed by atoms with Gasteiger partial charge in [0.05, 0.1) is 24.8 Å². The lowest BCUT2D eigenvalue weighted by Gasteiger charge is -2.40. The van der Waals surface area contributed by atoms with Crippen LogP contribution in [0.25, 0.3) is 0 Å². The molecule has 1 aliphatic carbocycles. The lowest BCUT2D eigenvalue weighted by Crippen LogP contribution is -2.52. The van der Waals surface area contributed by atoms with E-state index in [2.05, 4.69) is 15.3 Å². The Morgan fingerprint density at radius 3 is 2.81 bits per heavy atom. The zero-order valence-electron chi connectivity index (χ0n) is 17.3. The number of alkyl halides is 2. The van der Waals surface area contributed by atoms with Crippen LogP contribution in [-0.2, 0) is 4.79 Å². The number of aromatic nitrogens is 2. The van der Waals surface area contributed by atoms with Crippen LogP contribution in [0.15, 0.2) is 41.5 Å². The van der Waals surface area contributed by atoms with Crippen LogP contribution in [0, 0.1) is 5.92 Å². The second-order valence-corrected chi connectivity index (χ2v) is 8.34. The van der Waals surface area contributed by atoms with Gasteiger partial charge in [0.2, 0.25) is 11.5 Å². The normalized spacial score (nSPS) is 22.0. The monoisotopic (exact) mass is 432 g/mol. The van der Waals surface area contributed by atoms with E-state index in [4.69, 9.17) is 4.74 Å². The first kappa shape index (κ1) is 21.4. The van der Waals surface area contributed by atoms with Crippen molar-refractivity contribution in [2.45, 2.75) is 44.1 Å². The molecule has 2 aromatic heterocycles. The van der Waals surface area contributed by atoms with Gasteiger partial charge in [-0.25, -0.2) is 13.8 Å². The molecule has 0 spiro atoms. The van der Waals surface area contributed by atoms with E-state index >= 15 is 0 Å². The van der Waals surface area contributed by atoms with Crippen LogP contribution in [0.4, 0.5) is 14.6 Å². The molecule has 0 radical (unpaired) electrons. The maximum absolute atomic E-state index is 14.6. The SMILES string of the molecule is CC(C(=O)Nc1ccc(OCC2CC2)cn1)N1CCC(F)(F)C(c2ccc(=O)[nH]c2)C1. The molecule has 2 unspecified atom stereocenters. The van der Waals surface area contributed by atoms with Gasteiger partial charge in [0.25, 0.3) is 5.92 Å². The fourth-order valence-electron chi connectivity index (χ4n) is 3.70. The molecule has 2 aliphatic rings. The molecular weight excluding hydrogens is 406 g/mol. The first-order valence-electron chi connectivity index (χ1n) is 10.5. The van der Waals surface area contributed by atoms with Crippen LogP contribution in [-0.4, -0.2) is 52.4 Å². The third-order valence-electron chi connectivity index (χ3n) is 5.97. The summed E-state index contributed by atoms with van der Waals surface area (Å²) in [5, 5.41) is 2.74. The van der Waals surface area contributed by atoms with Crippen molar-refractivity contribution in [1.82, 2.24) is 14.9 Å². The molecule has 2 fully saturated rings. The molecule has 2 aromatic rings. The maximum Gasteiger partial charge on any atom is 0.257 e. The van der Waals surface area contributed by atoms with E-state index in [1.54, 1.807) is 30.2 Å². The van der Waals surface area contributed by atoms with E-state index in [1.165, 1.54) is 31.2 Å². The molecule has 9 heteroatoms. The molecule has 7 nitrogen and oxygen atoms in total. The van der Waals surface area contributed by atoms with Crippen molar-refractivity contribution in [3.05, 3.63) is 52.6 Å². The summed E-state index contributed by atoms with van der Waals surface area (Å²) in [6.07, 6.45) is 4.93. The Bertz CT molecular complexity index is 955. The highest BCUT2D eigenvalue weighted by Gasteiger charge is 2.46. The standard InChI is InChI=1S/C22H26F2N4O3/c1-14(21(30)27-19-6-5-17(11-25-19)31-13-15-2-3-15)28-9-8-22(23,24)18(12-28)16-4-7-20(29)26-10-16/h4-7,10-11,14-15,18H,2-3,8-9,12-13H2,1H3,(H,26,29)(H,25,27,30). The number of likely N-dealkylation sites (tertiary alicyclic amines) is 1. The number of hydrogen-bond acceptors (Lipinski definition) is 5. The summed E-state index contributed by atoms with van der Waals surface area (Å²) in [7, 11) is 0. The molecule has 1 amide bonds. The van der Waals surface area contributed by atoms with E-state index in [0.29, 0.717) is 29.7 Å². The third kappa shape index (κ3) is 5.28.